The molecule has 3 unspecified atom stereocenters. The van der Waals surface area contributed by atoms with E-state index in [-0.39, 0.29) is 0 Å². The van der Waals surface area contributed by atoms with Crippen molar-refractivity contribution in [2.45, 2.75) is 77.7 Å². The smallest absolute Gasteiger partial charge is 0.138 e. The van der Waals surface area contributed by atoms with Gasteiger partial charge in [-0.2, -0.15) is 5.10 Å². The molecule has 1 aromatic heterocycles. The summed E-state index contributed by atoms with van der Waals surface area (Å²) >= 11 is 0. The summed E-state index contributed by atoms with van der Waals surface area (Å²) in [7, 11) is 0. The summed E-state index contributed by atoms with van der Waals surface area (Å²) in [5.74, 6) is 1.07. The normalized spacial score (nSPS) is 24.1. The molecule has 20 heavy (non-hydrogen) atoms. The Morgan fingerprint density at radius 1 is 1.40 bits per heavy atom. The summed E-state index contributed by atoms with van der Waals surface area (Å²) < 4.78 is 8.08. The zero-order valence-electron chi connectivity index (χ0n) is 13.0. The first kappa shape index (κ1) is 15.4. The maximum absolute atomic E-state index is 6.05. The molecule has 2 rings (SSSR count). The van der Waals surface area contributed by atoms with Crippen molar-refractivity contribution < 1.29 is 4.74 Å². The summed E-state index contributed by atoms with van der Waals surface area (Å²) in [6, 6.07) is 0.347. The van der Waals surface area contributed by atoms with Gasteiger partial charge in [-0.15, -0.1) is 0 Å². The lowest BCUT2D eigenvalue weighted by molar-refractivity contribution is 0.0314. The second kappa shape index (κ2) is 7.74. The number of nitrogens with one attached hydrogen (secondary N) is 1. The number of hydrogen-bond acceptors (Lipinski definition) is 4. The van der Waals surface area contributed by atoms with E-state index in [4.69, 9.17) is 4.74 Å². The maximum Gasteiger partial charge on any atom is 0.138 e. The van der Waals surface area contributed by atoms with Crippen molar-refractivity contribution in [3.8, 4) is 0 Å². The Labute approximate surface area is 122 Å². The standard InChI is InChI=1S/C15H28N4O/c1-4-8-16-13(14-7-6-12(3)20-14)10-15-17-11-18-19(15)9-5-2/h11-14,16H,4-10H2,1-3H3. The Bertz CT molecular complexity index is 393. The predicted octanol–water partition coefficient (Wildman–Crippen LogP) is 2.17. The highest BCUT2D eigenvalue weighted by atomic mass is 16.5. The molecule has 1 aliphatic heterocycles. The molecule has 1 fully saturated rings. The van der Waals surface area contributed by atoms with Gasteiger partial charge in [0.25, 0.3) is 0 Å². The summed E-state index contributed by atoms with van der Waals surface area (Å²) in [4.78, 5) is 4.43. The summed E-state index contributed by atoms with van der Waals surface area (Å²) in [6.07, 6.45) is 7.79. The van der Waals surface area contributed by atoms with Crippen LogP contribution in [-0.2, 0) is 17.7 Å². The van der Waals surface area contributed by atoms with Crippen LogP contribution >= 0.6 is 0 Å². The highest BCUT2D eigenvalue weighted by Crippen LogP contribution is 2.23. The molecule has 1 N–H and O–H groups in total. The van der Waals surface area contributed by atoms with Crippen molar-refractivity contribution in [3.05, 3.63) is 12.2 Å². The number of ether oxygens (including phenoxy) is 1. The monoisotopic (exact) mass is 280 g/mol. The zero-order valence-corrected chi connectivity index (χ0v) is 13.0. The van der Waals surface area contributed by atoms with Crippen LogP contribution in [0.2, 0.25) is 0 Å². The quantitative estimate of drug-likeness (QED) is 0.793. The van der Waals surface area contributed by atoms with Crippen LogP contribution in [0.15, 0.2) is 6.33 Å². The lowest BCUT2D eigenvalue weighted by Gasteiger charge is -2.24. The number of aryl methyl sites for hydroxylation is 1. The van der Waals surface area contributed by atoms with Crippen LogP contribution in [0.25, 0.3) is 0 Å². The maximum atomic E-state index is 6.05. The number of nitrogens with zero attached hydrogens (tertiary/aromatic N) is 3. The van der Waals surface area contributed by atoms with E-state index < -0.39 is 0 Å². The van der Waals surface area contributed by atoms with Gasteiger partial charge in [-0.1, -0.05) is 13.8 Å². The molecular weight excluding hydrogens is 252 g/mol. The molecule has 0 saturated carbocycles. The topological polar surface area (TPSA) is 52.0 Å². The number of aromatic nitrogens is 3. The molecule has 1 aliphatic rings. The lowest BCUT2D eigenvalue weighted by Crippen LogP contribution is -2.42. The van der Waals surface area contributed by atoms with Gasteiger partial charge in [0, 0.05) is 19.0 Å². The third-order valence-electron chi connectivity index (χ3n) is 3.90. The highest BCUT2D eigenvalue weighted by molar-refractivity contribution is 4.94. The van der Waals surface area contributed by atoms with Crippen LogP contribution in [0.5, 0.6) is 0 Å². The fourth-order valence-electron chi connectivity index (χ4n) is 2.84. The molecule has 3 atom stereocenters. The van der Waals surface area contributed by atoms with Crippen molar-refractivity contribution in [2.24, 2.45) is 0 Å². The van der Waals surface area contributed by atoms with Crippen molar-refractivity contribution >= 4 is 0 Å². The Kier molecular flexibility index (Phi) is 5.98. The lowest BCUT2D eigenvalue weighted by atomic mass is 10.0. The van der Waals surface area contributed by atoms with Gasteiger partial charge < -0.3 is 10.1 Å². The van der Waals surface area contributed by atoms with Gasteiger partial charge >= 0.3 is 0 Å². The van der Waals surface area contributed by atoms with Crippen LogP contribution in [0.1, 0.15) is 52.3 Å². The van der Waals surface area contributed by atoms with Crippen molar-refractivity contribution in [1.29, 1.82) is 0 Å². The van der Waals surface area contributed by atoms with Gasteiger partial charge in [-0.25, -0.2) is 4.98 Å². The van der Waals surface area contributed by atoms with Gasteiger partial charge in [0.1, 0.15) is 12.2 Å². The zero-order chi connectivity index (χ0) is 14.4. The van der Waals surface area contributed by atoms with Crippen molar-refractivity contribution in [1.82, 2.24) is 20.1 Å². The molecular formula is C15H28N4O. The van der Waals surface area contributed by atoms with Crippen LogP contribution in [0.4, 0.5) is 0 Å². The number of hydrogen-bond donors (Lipinski definition) is 1. The molecule has 2 heterocycles. The van der Waals surface area contributed by atoms with E-state index in [2.05, 4.69) is 36.2 Å². The molecule has 114 valence electrons. The van der Waals surface area contributed by atoms with Crippen molar-refractivity contribution in [2.75, 3.05) is 6.54 Å². The van der Waals surface area contributed by atoms with E-state index in [1.807, 2.05) is 4.68 Å². The molecule has 0 amide bonds. The predicted molar refractivity (Wildman–Crippen MR) is 79.7 cm³/mol. The van der Waals surface area contributed by atoms with Gasteiger partial charge in [-0.3, -0.25) is 4.68 Å². The summed E-state index contributed by atoms with van der Waals surface area (Å²) in [5.41, 5.74) is 0. The third kappa shape index (κ3) is 4.03. The summed E-state index contributed by atoms with van der Waals surface area (Å²) in [6.45, 7) is 8.50. The molecule has 0 radical (unpaired) electrons. The molecule has 0 aliphatic carbocycles. The van der Waals surface area contributed by atoms with Gasteiger partial charge in [-0.05, 0) is 39.2 Å². The highest BCUT2D eigenvalue weighted by Gasteiger charge is 2.30. The average molecular weight is 280 g/mol. The minimum Gasteiger partial charge on any atom is -0.374 e. The Balaban J connectivity index is 2.00. The van der Waals surface area contributed by atoms with Gasteiger partial charge in [0.2, 0.25) is 0 Å². The molecule has 1 saturated heterocycles. The molecule has 0 aromatic carbocycles. The van der Waals surface area contributed by atoms with Gasteiger partial charge in [0.15, 0.2) is 0 Å². The third-order valence-corrected chi connectivity index (χ3v) is 3.90. The Morgan fingerprint density at radius 2 is 2.25 bits per heavy atom. The van der Waals surface area contributed by atoms with E-state index in [0.29, 0.717) is 18.2 Å². The van der Waals surface area contributed by atoms with Crippen LogP contribution < -0.4 is 5.32 Å². The first-order chi connectivity index (χ1) is 9.74. The van der Waals surface area contributed by atoms with Crippen LogP contribution in [0.3, 0.4) is 0 Å². The van der Waals surface area contributed by atoms with Crippen LogP contribution in [-0.4, -0.2) is 39.6 Å². The van der Waals surface area contributed by atoms with E-state index in [9.17, 15) is 0 Å². The average Bonchev–Trinajstić information content (AvgIpc) is 3.04. The fourth-order valence-corrected chi connectivity index (χ4v) is 2.84. The fraction of sp³-hybridized carbons (Fsp3) is 0.867. The van der Waals surface area contributed by atoms with Crippen molar-refractivity contribution in [3.63, 3.8) is 0 Å². The van der Waals surface area contributed by atoms with E-state index in [0.717, 1.165) is 51.0 Å². The van der Waals surface area contributed by atoms with E-state index in [1.165, 1.54) is 0 Å². The second-order valence-corrected chi connectivity index (χ2v) is 5.73. The summed E-state index contributed by atoms with van der Waals surface area (Å²) in [5, 5.41) is 7.95. The van der Waals surface area contributed by atoms with E-state index in [1.54, 1.807) is 6.33 Å². The van der Waals surface area contributed by atoms with Crippen LogP contribution in [0, 0.1) is 0 Å². The van der Waals surface area contributed by atoms with Gasteiger partial charge in [0.05, 0.1) is 12.2 Å². The molecule has 0 spiro atoms. The second-order valence-electron chi connectivity index (χ2n) is 5.73. The first-order valence-electron chi connectivity index (χ1n) is 8.00. The molecule has 1 aromatic rings. The molecule has 5 nitrogen and oxygen atoms in total. The minimum atomic E-state index is 0.309. The largest absolute Gasteiger partial charge is 0.374 e. The molecule has 0 bridgehead atoms. The van der Waals surface area contributed by atoms with E-state index >= 15 is 0 Å². The minimum absolute atomic E-state index is 0.309. The number of rotatable bonds is 8. The molecule has 5 heteroatoms. The SMILES string of the molecule is CCCNC(Cc1ncnn1CCC)C1CCC(C)O1. The Morgan fingerprint density at radius 3 is 2.90 bits per heavy atom. The Hall–Kier alpha value is -0.940. The first-order valence-corrected chi connectivity index (χ1v) is 8.00.